The van der Waals surface area contributed by atoms with Gasteiger partial charge in [-0.3, -0.25) is 0 Å². The van der Waals surface area contributed by atoms with E-state index in [-0.39, 0.29) is 0 Å². The van der Waals surface area contributed by atoms with Crippen LogP contribution in [0, 0.1) is 0 Å². The Morgan fingerprint density at radius 2 is 1.67 bits per heavy atom. The van der Waals surface area contributed by atoms with Crippen LogP contribution in [-0.4, -0.2) is 16.2 Å². The van der Waals surface area contributed by atoms with Gasteiger partial charge < -0.3 is 9.64 Å². The second kappa shape index (κ2) is 11.2. The number of halogens is 2. The number of nitrogens with zero attached hydrogens (tertiary/aromatic N) is 3. The van der Waals surface area contributed by atoms with E-state index in [1.165, 1.54) is 39.7 Å². The smallest absolute Gasteiger partial charge is 0.188 e. The Bertz CT molecular complexity index is 1440. The summed E-state index contributed by atoms with van der Waals surface area (Å²) >= 11 is 12.2. The Morgan fingerprint density at radius 1 is 1.00 bits per heavy atom. The van der Waals surface area contributed by atoms with Gasteiger partial charge in [-0.1, -0.05) is 97.0 Å². The molecule has 0 N–H and O–H groups in total. The molecule has 0 unspecified atom stereocenters. The number of hydrogen-bond donors (Lipinski definition) is 0. The molecule has 0 amide bonds. The number of anilines is 1. The molecule has 0 radical (unpaired) electrons. The molecular weight excluding hydrogens is 590 g/mol. The first kappa shape index (κ1) is 26.8. The van der Waals surface area contributed by atoms with Gasteiger partial charge in [-0.05, 0) is 63.7 Å². The summed E-state index contributed by atoms with van der Waals surface area (Å²) in [4.78, 5) is 11.8. The summed E-state index contributed by atoms with van der Waals surface area (Å²) in [6, 6.07) is 26.0. The molecule has 1 aromatic heterocycles. The lowest BCUT2D eigenvalue weighted by Gasteiger charge is -2.45. The van der Waals surface area contributed by atoms with Gasteiger partial charge in [-0.25, -0.2) is 9.97 Å². The summed E-state index contributed by atoms with van der Waals surface area (Å²) in [5, 5.41) is 1.22. The van der Waals surface area contributed by atoms with Gasteiger partial charge in [0.25, 0.3) is 0 Å². The van der Waals surface area contributed by atoms with Gasteiger partial charge in [0.05, 0.1) is 18.0 Å². The van der Waals surface area contributed by atoms with Crippen molar-refractivity contribution in [2.24, 2.45) is 0 Å². The van der Waals surface area contributed by atoms with E-state index in [4.69, 9.17) is 21.3 Å². The van der Waals surface area contributed by atoms with Crippen LogP contribution < -0.4 is 4.90 Å². The van der Waals surface area contributed by atoms with Crippen LogP contribution in [0.4, 0.5) is 5.69 Å². The fraction of sp³-hybridized carbons (Fsp3) is 0.312. The van der Waals surface area contributed by atoms with Gasteiger partial charge in [0, 0.05) is 35.1 Å². The van der Waals surface area contributed by atoms with Crippen molar-refractivity contribution in [1.29, 1.82) is 0 Å². The van der Waals surface area contributed by atoms with Gasteiger partial charge in [-0.2, -0.15) is 0 Å². The summed E-state index contributed by atoms with van der Waals surface area (Å²) in [6.45, 7) is 4.36. The fourth-order valence-electron chi connectivity index (χ4n) is 5.97. The lowest BCUT2D eigenvalue weighted by atomic mass is 9.71. The first-order valence-corrected chi connectivity index (χ1v) is 15.8. The summed E-state index contributed by atoms with van der Waals surface area (Å²) in [5.74, 6) is 0.452. The van der Waals surface area contributed by atoms with Crippen molar-refractivity contribution in [3.63, 3.8) is 0 Å². The second-order valence-electron chi connectivity index (χ2n) is 10.5. The number of fused-ring (bicyclic) bond motifs is 3. The van der Waals surface area contributed by atoms with Gasteiger partial charge in [-0.15, -0.1) is 0 Å². The minimum Gasteiger partial charge on any atom is -0.365 e. The number of aromatic nitrogens is 2. The second-order valence-corrected chi connectivity index (χ2v) is 12.4. The van der Waals surface area contributed by atoms with E-state index in [0.717, 1.165) is 41.7 Å². The minimum atomic E-state index is -0.456. The Hall–Kier alpha value is -2.38. The third-order valence-electron chi connectivity index (χ3n) is 8.04. The first-order chi connectivity index (χ1) is 19.0. The highest BCUT2D eigenvalue weighted by molar-refractivity contribution is 9.10. The molecular formula is C32H31BrClN3OS. The van der Waals surface area contributed by atoms with Crippen LogP contribution in [0.3, 0.4) is 0 Å². The van der Waals surface area contributed by atoms with Crippen LogP contribution in [0.25, 0.3) is 0 Å². The predicted molar refractivity (Wildman–Crippen MR) is 164 cm³/mol. The van der Waals surface area contributed by atoms with E-state index >= 15 is 0 Å². The molecule has 1 aliphatic carbocycles. The molecule has 7 heteroatoms. The molecule has 0 saturated carbocycles. The van der Waals surface area contributed by atoms with E-state index in [9.17, 15) is 0 Å². The first-order valence-electron chi connectivity index (χ1n) is 13.4. The molecule has 3 aromatic carbocycles. The molecule has 4 nitrogen and oxygen atoms in total. The van der Waals surface area contributed by atoms with Crippen molar-refractivity contribution in [3.05, 3.63) is 116 Å². The molecule has 0 saturated heterocycles. The highest BCUT2D eigenvalue weighted by atomic mass is 79.9. The van der Waals surface area contributed by atoms with Crippen LogP contribution in [0.15, 0.2) is 82.4 Å². The molecule has 2 aliphatic rings. The molecule has 6 rings (SSSR count). The maximum atomic E-state index is 6.79. The predicted octanol–water partition coefficient (Wildman–Crippen LogP) is 8.69. The number of ether oxygens (including phenoxy) is 1. The number of hydrogen-bond acceptors (Lipinski definition) is 5. The Morgan fingerprint density at radius 3 is 2.31 bits per heavy atom. The number of thioether (sulfide) groups is 1. The molecule has 1 spiro atoms. The zero-order valence-corrected chi connectivity index (χ0v) is 25.3. The van der Waals surface area contributed by atoms with E-state index in [2.05, 4.69) is 106 Å². The molecule has 2 heterocycles. The number of benzene rings is 3. The average molecular weight is 621 g/mol. The van der Waals surface area contributed by atoms with E-state index in [1.807, 2.05) is 6.26 Å². The minimum absolute atomic E-state index is 0.422. The van der Waals surface area contributed by atoms with Crippen molar-refractivity contribution >= 4 is 45.0 Å². The maximum absolute atomic E-state index is 6.79. The normalized spacial score (nSPS) is 19.9. The summed E-state index contributed by atoms with van der Waals surface area (Å²) < 4.78 is 7.91. The SMILES string of the molecule is CSc1nc(Cl)c2c(n1)C[C@]1(CC[C@H](C)c3ccc(N(Cc4ccccc4)Cc4ccccc4)c(Br)c31)OC2. The highest BCUT2D eigenvalue weighted by Crippen LogP contribution is 2.53. The van der Waals surface area contributed by atoms with Gasteiger partial charge in [0.15, 0.2) is 5.16 Å². The standard InChI is InChI=1S/C32H31BrClN3OS/c1-21-15-16-32(17-26-25(20-38-32)30(34)36-31(35-26)39-2)28-24(21)13-14-27(29(28)33)37(18-22-9-5-3-6-10-22)19-23-11-7-4-8-12-23/h3-14,21H,15-20H2,1-2H3/t21-,32-/m0/s1. The average Bonchev–Trinajstić information content (AvgIpc) is 2.96. The van der Waals surface area contributed by atoms with Gasteiger partial charge in [0.1, 0.15) is 10.8 Å². The van der Waals surface area contributed by atoms with E-state index in [0.29, 0.717) is 29.3 Å². The van der Waals surface area contributed by atoms with Gasteiger partial charge >= 0.3 is 0 Å². The molecule has 2 atom stereocenters. The largest absolute Gasteiger partial charge is 0.365 e. The van der Waals surface area contributed by atoms with Crippen LogP contribution in [0.1, 0.15) is 59.2 Å². The third kappa shape index (κ3) is 5.24. The van der Waals surface area contributed by atoms with E-state index < -0.39 is 5.60 Å². The maximum Gasteiger partial charge on any atom is 0.188 e. The zero-order valence-electron chi connectivity index (χ0n) is 22.2. The van der Waals surface area contributed by atoms with Crippen molar-refractivity contribution in [2.45, 2.75) is 62.6 Å². The summed E-state index contributed by atoms with van der Waals surface area (Å²) in [7, 11) is 0. The summed E-state index contributed by atoms with van der Waals surface area (Å²) in [6.07, 6.45) is 4.69. The molecule has 200 valence electrons. The lowest BCUT2D eigenvalue weighted by Crippen LogP contribution is -2.41. The highest BCUT2D eigenvalue weighted by Gasteiger charge is 2.45. The van der Waals surface area contributed by atoms with Crippen molar-refractivity contribution < 1.29 is 4.74 Å². The molecule has 39 heavy (non-hydrogen) atoms. The molecule has 0 bridgehead atoms. The fourth-order valence-corrected chi connectivity index (χ4v) is 7.62. The molecule has 0 fully saturated rings. The van der Waals surface area contributed by atoms with Gasteiger partial charge in [0.2, 0.25) is 0 Å². The Kier molecular flexibility index (Phi) is 7.73. The van der Waals surface area contributed by atoms with Crippen LogP contribution >= 0.6 is 39.3 Å². The lowest BCUT2D eigenvalue weighted by molar-refractivity contribution is -0.0878. The molecule has 4 aromatic rings. The Labute approximate surface area is 248 Å². The third-order valence-corrected chi connectivity index (χ3v) is 9.71. The zero-order chi connectivity index (χ0) is 27.0. The monoisotopic (exact) mass is 619 g/mol. The topological polar surface area (TPSA) is 38.2 Å². The summed E-state index contributed by atoms with van der Waals surface area (Å²) in [5.41, 5.74) is 7.81. The van der Waals surface area contributed by atoms with Crippen molar-refractivity contribution in [2.75, 3.05) is 11.2 Å². The van der Waals surface area contributed by atoms with Crippen LogP contribution in [-0.2, 0) is 36.5 Å². The van der Waals surface area contributed by atoms with Crippen LogP contribution in [0.5, 0.6) is 0 Å². The number of rotatable bonds is 6. The Balaban J connectivity index is 1.45. The van der Waals surface area contributed by atoms with Crippen molar-refractivity contribution in [3.8, 4) is 0 Å². The van der Waals surface area contributed by atoms with E-state index in [1.54, 1.807) is 0 Å². The molecule has 1 aliphatic heterocycles. The van der Waals surface area contributed by atoms with Crippen LogP contribution in [0.2, 0.25) is 5.15 Å². The van der Waals surface area contributed by atoms with Crippen molar-refractivity contribution in [1.82, 2.24) is 9.97 Å². The quantitative estimate of drug-likeness (QED) is 0.122.